The first kappa shape index (κ1) is 21.7. The van der Waals surface area contributed by atoms with E-state index in [1.165, 1.54) is 12.1 Å². The van der Waals surface area contributed by atoms with E-state index in [4.69, 9.17) is 16.3 Å². The lowest BCUT2D eigenvalue weighted by Crippen LogP contribution is -2.37. The minimum atomic E-state index is -3.72. The lowest BCUT2D eigenvalue weighted by molar-refractivity contribution is 0.169. The van der Waals surface area contributed by atoms with Gasteiger partial charge in [-0.15, -0.1) is 12.4 Å². The number of anilines is 1. The van der Waals surface area contributed by atoms with Crippen molar-refractivity contribution in [3.63, 3.8) is 0 Å². The highest BCUT2D eigenvalue weighted by atomic mass is 35.5. The zero-order chi connectivity index (χ0) is 19.6. The molecule has 0 aliphatic carbocycles. The Bertz CT molecular complexity index is 1080. The molecule has 0 amide bonds. The van der Waals surface area contributed by atoms with E-state index >= 15 is 0 Å². The Morgan fingerprint density at radius 3 is 2.41 bits per heavy atom. The fraction of sp³-hybridized carbons (Fsp3) is 0.238. The molecule has 4 rings (SSSR count). The number of hydrogen-bond acceptors (Lipinski definition) is 4. The minimum absolute atomic E-state index is 0. The number of hydrogen-bond donors (Lipinski definition) is 2. The number of piperidine rings is 1. The molecule has 2 N–H and O–H groups in total. The van der Waals surface area contributed by atoms with Crippen molar-refractivity contribution in [2.45, 2.75) is 23.8 Å². The lowest BCUT2D eigenvalue weighted by Gasteiger charge is -2.25. The molecule has 1 fully saturated rings. The molecule has 0 saturated carbocycles. The van der Waals surface area contributed by atoms with Gasteiger partial charge in [0.05, 0.1) is 10.6 Å². The van der Waals surface area contributed by atoms with Gasteiger partial charge < -0.3 is 10.1 Å². The molecule has 1 aliphatic heterocycles. The van der Waals surface area contributed by atoms with Gasteiger partial charge in [-0.25, -0.2) is 8.42 Å². The van der Waals surface area contributed by atoms with E-state index in [1.54, 1.807) is 18.2 Å². The first-order chi connectivity index (χ1) is 13.5. The van der Waals surface area contributed by atoms with Gasteiger partial charge in [0, 0.05) is 22.3 Å². The summed E-state index contributed by atoms with van der Waals surface area (Å²) in [6, 6.07) is 17.3. The first-order valence-electron chi connectivity index (χ1n) is 9.20. The summed E-state index contributed by atoms with van der Waals surface area (Å²) >= 11 is 5.86. The summed E-state index contributed by atoms with van der Waals surface area (Å²) in [6.45, 7) is 1.84. The Balaban J connectivity index is 0.00000240. The van der Waals surface area contributed by atoms with Gasteiger partial charge in [-0.05, 0) is 55.8 Å². The van der Waals surface area contributed by atoms with Crippen molar-refractivity contribution < 1.29 is 13.2 Å². The molecule has 0 aromatic heterocycles. The molecule has 5 nitrogen and oxygen atoms in total. The Morgan fingerprint density at radius 1 is 1.00 bits per heavy atom. The molecular weight excluding hydrogens is 431 g/mol. The third-order valence-electron chi connectivity index (χ3n) is 4.80. The molecule has 29 heavy (non-hydrogen) atoms. The summed E-state index contributed by atoms with van der Waals surface area (Å²) in [4.78, 5) is 0.162. The molecule has 0 radical (unpaired) electrons. The predicted molar refractivity (Wildman–Crippen MR) is 120 cm³/mol. The molecular formula is C21H22Cl2N2O3S. The number of nitrogens with one attached hydrogen (secondary N) is 2. The van der Waals surface area contributed by atoms with Gasteiger partial charge in [0.1, 0.15) is 11.9 Å². The standard InChI is InChI=1S/C21H21ClN2O3S.ClH/c22-15-7-9-17(10-8-15)28(25,26)24-20-11-12-21(19-6-2-1-5-18(19)20)27-16-4-3-13-23-14-16;/h1-2,5-12,16,23-24H,3-4,13-14H2;1H. The van der Waals surface area contributed by atoms with Gasteiger partial charge in [-0.3, -0.25) is 4.72 Å². The fourth-order valence-electron chi connectivity index (χ4n) is 3.38. The third-order valence-corrected chi connectivity index (χ3v) is 6.43. The first-order valence-corrected chi connectivity index (χ1v) is 11.1. The number of benzene rings is 3. The van der Waals surface area contributed by atoms with Crippen molar-refractivity contribution in [1.29, 1.82) is 0 Å². The van der Waals surface area contributed by atoms with Crippen molar-refractivity contribution in [1.82, 2.24) is 5.32 Å². The molecule has 1 heterocycles. The van der Waals surface area contributed by atoms with Crippen molar-refractivity contribution in [3.05, 3.63) is 65.7 Å². The van der Waals surface area contributed by atoms with Crippen LogP contribution in [0.15, 0.2) is 65.6 Å². The maximum absolute atomic E-state index is 12.8. The van der Waals surface area contributed by atoms with E-state index < -0.39 is 10.0 Å². The largest absolute Gasteiger partial charge is 0.488 e. The SMILES string of the molecule is Cl.O=S(=O)(Nc1ccc(OC2CCCNC2)c2ccccc12)c1ccc(Cl)cc1. The quantitative estimate of drug-likeness (QED) is 0.580. The zero-order valence-corrected chi connectivity index (χ0v) is 18.0. The minimum Gasteiger partial charge on any atom is -0.488 e. The maximum atomic E-state index is 12.8. The molecule has 154 valence electrons. The highest BCUT2D eigenvalue weighted by molar-refractivity contribution is 7.92. The van der Waals surface area contributed by atoms with E-state index in [-0.39, 0.29) is 23.4 Å². The van der Waals surface area contributed by atoms with E-state index in [1.807, 2.05) is 30.3 Å². The van der Waals surface area contributed by atoms with Gasteiger partial charge in [-0.2, -0.15) is 0 Å². The molecule has 8 heteroatoms. The maximum Gasteiger partial charge on any atom is 0.261 e. The highest BCUT2D eigenvalue weighted by Crippen LogP contribution is 2.34. The molecule has 1 saturated heterocycles. The van der Waals surface area contributed by atoms with E-state index in [9.17, 15) is 8.42 Å². The third kappa shape index (κ3) is 4.95. The molecule has 0 bridgehead atoms. The van der Waals surface area contributed by atoms with Crippen molar-refractivity contribution in [3.8, 4) is 5.75 Å². The van der Waals surface area contributed by atoms with E-state index in [2.05, 4.69) is 10.0 Å². The molecule has 3 aromatic rings. The second kappa shape index (κ2) is 9.22. The fourth-order valence-corrected chi connectivity index (χ4v) is 4.59. The second-order valence-corrected chi connectivity index (χ2v) is 8.92. The molecule has 0 spiro atoms. The van der Waals surface area contributed by atoms with Crippen LogP contribution in [0.3, 0.4) is 0 Å². The number of ether oxygens (including phenoxy) is 1. The van der Waals surface area contributed by atoms with Gasteiger partial charge in [-0.1, -0.05) is 35.9 Å². The van der Waals surface area contributed by atoms with E-state index in [0.29, 0.717) is 10.7 Å². The van der Waals surface area contributed by atoms with Crippen LogP contribution < -0.4 is 14.8 Å². The van der Waals surface area contributed by atoms with Gasteiger partial charge in [0.25, 0.3) is 10.0 Å². The normalized spacial score (nSPS) is 16.8. The topological polar surface area (TPSA) is 67.4 Å². The van der Waals surface area contributed by atoms with Gasteiger partial charge >= 0.3 is 0 Å². The van der Waals surface area contributed by atoms with Crippen molar-refractivity contribution in [2.75, 3.05) is 17.8 Å². The van der Waals surface area contributed by atoms with Crippen molar-refractivity contribution >= 4 is 50.5 Å². The highest BCUT2D eigenvalue weighted by Gasteiger charge is 2.19. The summed E-state index contributed by atoms with van der Waals surface area (Å²) in [7, 11) is -3.72. The smallest absolute Gasteiger partial charge is 0.261 e. The number of halogens is 2. The number of rotatable bonds is 5. The Hall–Kier alpha value is -1.99. The van der Waals surface area contributed by atoms with Gasteiger partial charge in [0.2, 0.25) is 0 Å². The Kier molecular flexibility index (Phi) is 6.90. The average molecular weight is 453 g/mol. The molecule has 1 atom stereocenters. The monoisotopic (exact) mass is 452 g/mol. The molecule has 3 aromatic carbocycles. The summed E-state index contributed by atoms with van der Waals surface area (Å²) in [6.07, 6.45) is 2.21. The van der Waals surface area contributed by atoms with Crippen LogP contribution in [0, 0.1) is 0 Å². The zero-order valence-electron chi connectivity index (χ0n) is 15.6. The Morgan fingerprint density at radius 2 is 1.72 bits per heavy atom. The molecule has 1 aliphatic rings. The summed E-state index contributed by atoms with van der Waals surface area (Å²) in [5, 5.41) is 5.50. The van der Waals surface area contributed by atoms with E-state index in [0.717, 1.165) is 42.5 Å². The predicted octanol–water partition coefficient (Wildman–Crippen LogP) is 4.85. The van der Waals surface area contributed by atoms with Crippen LogP contribution >= 0.6 is 24.0 Å². The van der Waals surface area contributed by atoms with Crippen LogP contribution in [0.25, 0.3) is 10.8 Å². The van der Waals surface area contributed by atoms with Crippen molar-refractivity contribution in [2.24, 2.45) is 0 Å². The van der Waals surface area contributed by atoms with Crippen LogP contribution in [0.4, 0.5) is 5.69 Å². The second-order valence-electron chi connectivity index (χ2n) is 6.80. The van der Waals surface area contributed by atoms with Crippen LogP contribution in [-0.4, -0.2) is 27.6 Å². The van der Waals surface area contributed by atoms with Crippen LogP contribution in [0.2, 0.25) is 5.02 Å². The number of fused-ring (bicyclic) bond motifs is 1. The summed E-state index contributed by atoms with van der Waals surface area (Å²) < 4.78 is 34.4. The average Bonchev–Trinajstić information content (AvgIpc) is 2.71. The lowest BCUT2D eigenvalue weighted by atomic mass is 10.1. The van der Waals surface area contributed by atoms with Crippen LogP contribution in [0.1, 0.15) is 12.8 Å². The molecule has 1 unspecified atom stereocenters. The number of sulfonamides is 1. The summed E-state index contributed by atoms with van der Waals surface area (Å²) in [5.41, 5.74) is 0.514. The Labute approximate surface area is 181 Å². The van der Waals surface area contributed by atoms with Gasteiger partial charge in [0.15, 0.2) is 0 Å². The van der Waals surface area contributed by atoms with Crippen LogP contribution in [-0.2, 0) is 10.0 Å². The summed E-state index contributed by atoms with van der Waals surface area (Å²) in [5.74, 6) is 0.763. The van der Waals surface area contributed by atoms with Crippen LogP contribution in [0.5, 0.6) is 5.75 Å².